The number of hydrogen-bond acceptors (Lipinski definition) is 3. The number of hydrogen-bond donors (Lipinski definition) is 0. The quantitative estimate of drug-likeness (QED) is 0.465. The molecule has 0 aliphatic carbocycles. The van der Waals surface area contributed by atoms with Gasteiger partial charge >= 0.3 is 0 Å². The fraction of sp³-hybridized carbons (Fsp3) is 0.321. The number of nitrogens with zero attached hydrogens (tertiary/aromatic N) is 2. The van der Waals surface area contributed by atoms with Gasteiger partial charge in [-0.25, -0.2) is 0 Å². The highest BCUT2D eigenvalue weighted by Crippen LogP contribution is 2.25. The molecule has 0 saturated carbocycles. The van der Waals surface area contributed by atoms with Gasteiger partial charge in [-0.15, -0.1) is 0 Å². The maximum Gasteiger partial charge on any atom is 0.258 e. The summed E-state index contributed by atoms with van der Waals surface area (Å²) in [5, 5.41) is 0. The van der Waals surface area contributed by atoms with E-state index < -0.39 is 0 Å². The van der Waals surface area contributed by atoms with Gasteiger partial charge in [0.1, 0.15) is 5.75 Å². The predicted molar refractivity (Wildman–Crippen MR) is 130 cm³/mol. The van der Waals surface area contributed by atoms with Crippen LogP contribution in [0.15, 0.2) is 84.9 Å². The molecule has 1 saturated heterocycles. The lowest BCUT2D eigenvalue weighted by molar-refractivity contribution is 0.0983. The van der Waals surface area contributed by atoms with Crippen molar-refractivity contribution < 1.29 is 9.53 Å². The first-order chi connectivity index (χ1) is 15.7. The van der Waals surface area contributed by atoms with E-state index in [2.05, 4.69) is 35.2 Å². The van der Waals surface area contributed by atoms with Crippen molar-refractivity contribution in [2.45, 2.75) is 25.8 Å². The van der Waals surface area contributed by atoms with Crippen molar-refractivity contribution in [3.05, 3.63) is 96.1 Å². The van der Waals surface area contributed by atoms with Gasteiger partial charge in [-0.05, 0) is 80.2 Å². The van der Waals surface area contributed by atoms with Gasteiger partial charge in [0.2, 0.25) is 0 Å². The predicted octanol–water partition coefficient (Wildman–Crippen LogP) is 5.64. The number of carbonyl (C=O) groups is 1. The average Bonchev–Trinajstić information content (AvgIpc) is 2.86. The van der Waals surface area contributed by atoms with Gasteiger partial charge in [-0.1, -0.05) is 48.5 Å². The molecule has 4 heteroatoms. The molecule has 1 fully saturated rings. The molecule has 1 aliphatic rings. The van der Waals surface area contributed by atoms with Crippen LogP contribution in [0.2, 0.25) is 0 Å². The second kappa shape index (κ2) is 11.0. The smallest absolute Gasteiger partial charge is 0.258 e. The highest BCUT2D eigenvalue weighted by atomic mass is 16.5. The molecule has 4 rings (SSSR count). The zero-order valence-electron chi connectivity index (χ0n) is 18.8. The zero-order valence-corrected chi connectivity index (χ0v) is 18.8. The molecule has 3 aromatic rings. The summed E-state index contributed by atoms with van der Waals surface area (Å²) in [5.41, 5.74) is 3.02. The zero-order chi connectivity index (χ0) is 22.2. The summed E-state index contributed by atoms with van der Waals surface area (Å²) >= 11 is 0. The lowest BCUT2D eigenvalue weighted by Crippen LogP contribution is -2.36. The first-order valence-electron chi connectivity index (χ1n) is 11.5. The van der Waals surface area contributed by atoms with Crippen LogP contribution in [0.25, 0.3) is 0 Å². The van der Waals surface area contributed by atoms with E-state index >= 15 is 0 Å². The molecular weight excluding hydrogens is 396 g/mol. The first kappa shape index (κ1) is 22.1. The van der Waals surface area contributed by atoms with E-state index in [-0.39, 0.29) is 5.91 Å². The first-order valence-corrected chi connectivity index (χ1v) is 11.5. The third-order valence-corrected chi connectivity index (χ3v) is 6.37. The van der Waals surface area contributed by atoms with Gasteiger partial charge in [0, 0.05) is 24.3 Å². The number of amides is 1. The Labute approximate surface area is 191 Å². The number of rotatable bonds is 8. The van der Waals surface area contributed by atoms with E-state index in [9.17, 15) is 4.79 Å². The Hall–Kier alpha value is -3.11. The molecular formula is C28H32N2O2. The molecule has 3 aromatic carbocycles. The van der Waals surface area contributed by atoms with Gasteiger partial charge in [-0.2, -0.15) is 0 Å². The Morgan fingerprint density at radius 1 is 0.906 bits per heavy atom. The van der Waals surface area contributed by atoms with E-state index in [1.165, 1.54) is 18.4 Å². The maximum absolute atomic E-state index is 13.3. The molecule has 32 heavy (non-hydrogen) atoms. The Morgan fingerprint density at radius 2 is 1.53 bits per heavy atom. The molecule has 0 unspecified atom stereocenters. The highest BCUT2D eigenvalue weighted by Gasteiger charge is 2.23. The van der Waals surface area contributed by atoms with Crippen LogP contribution in [0.1, 0.15) is 35.2 Å². The van der Waals surface area contributed by atoms with Crippen molar-refractivity contribution >= 4 is 11.6 Å². The summed E-state index contributed by atoms with van der Waals surface area (Å²) in [5.74, 6) is 1.45. The molecule has 4 nitrogen and oxygen atoms in total. The Balaban J connectivity index is 1.36. The Kier molecular flexibility index (Phi) is 7.57. The summed E-state index contributed by atoms with van der Waals surface area (Å²) in [6.07, 6.45) is 3.40. The summed E-state index contributed by atoms with van der Waals surface area (Å²) in [4.78, 5) is 17.8. The summed E-state index contributed by atoms with van der Waals surface area (Å²) in [6, 6.07) is 28.1. The van der Waals surface area contributed by atoms with Crippen LogP contribution in [0.4, 0.5) is 5.69 Å². The van der Waals surface area contributed by atoms with Crippen LogP contribution in [-0.2, 0) is 6.54 Å². The number of likely N-dealkylation sites (tertiary alicyclic amines) is 1. The summed E-state index contributed by atoms with van der Waals surface area (Å²) in [6.45, 7) is 4.01. The molecule has 166 valence electrons. The van der Waals surface area contributed by atoms with Crippen LogP contribution >= 0.6 is 0 Å². The van der Waals surface area contributed by atoms with Gasteiger partial charge in [0.15, 0.2) is 0 Å². The van der Waals surface area contributed by atoms with Gasteiger partial charge in [0.25, 0.3) is 5.91 Å². The van der Waals surface area contributed by atoms with Crippen LogP contribution in [0, 0.1) is 5.92 Å². The molecule has 0 aromatic heterocycles. The number of carbonyl (C=O) groups excluding carboxylic acids is 1. The van der Waals surface area contributed by atoms with Gasteiger partial charge in [-0.3, -0.25) is 9.69 Å². The van der Waals surface area contributed by atoms with E-state index in [0.717, 1.165) is 44.0 Å². The van der Waals surface area contributed by atoms with E-state index in [4.69, 9.17) is 4.74 Å². The molecule has 1 amide bonds. The summed E-state index contributed by atoms with van der Waals surface area (Å²) in [7, 11) is 1.64. The van der Waals surface area contributed by atoms with Crippen LogP contribution in [0.5, 0.6) is 5.75 Å². The lowest BCUT2D eigenvalue weighted by atomic mass is 9.93. The van der Waals surface area contributed by atoms with E-state index in [1.54, 1.807) is 7.11 Å². The minimum atomic E-state index is 0.0420. The Morgan fingerprint density at radius 3 is 2.16 bits per heavy atom. The molecule has 0 bridgehead atoms. The number of benzene rings is 3. The molecule has 0 N–H and O–H groups in total. The molecule has 0 atom stereocenters. The molecule has 1 aliphatic heterocycles. The average molecular weight is 429 g/mol. The fourth-order valence-electron chi connectivity index (χ4n) is 4.43. The second-order valence-corrected chi connectivity index (χ2v) is 8.51. The van der Waals surface area contributed by atoms with Gasteiger partial charge < -0.3 is 9.64 Å². The topological polar surface area (TPSA) is 32.8 Å². The standard InChI is InChI=1S/C28H32N2O2/c1-32-27-14-12-25(13-15-27)28(31)30(26-10-6-3-7-11-26)21-18-23-16-19-29(20-17-23)22-24-8-4-2-5-9-24/h2-15,23H,16-22H2,1H3. The summed E-state index contributed by atoms with van der Waals surface area (Å²) < 4.78 is 5.24. The van der Waals surface area contributed by atoms with Gasteiger partial charge in [0.05, 0.1) is 7.11 Å². The van der Waals surface area contributed by atoms with Crippen molar-refractivity contribution in [1.29, 1.82) is 0 Å². The number of anilines is 1. The monoisotopic (exact) mass is 428 g/mol. The molecule has 1 heterocycles. The maximum atomic E-state index is 13.3. The van der Waals surface area contributed by atoms with E-state index in [0.29, 0.717) is 11.5 Å². The molecule has 0 spiro atoms. The van der Waals surface area contributed by atoms with Crippen molar-refractivity contribution in [2.24, 2.45) is 5.92 Å². The number of piperidine rings is 1. The van der Waals surface area contributed by atoms with Crippen molar-refractivity contribution in [3.8, 4) is 5.75 Å². The third-order valence-electron chi connectivity index (χ3n) is 6.37. The number of methoxy groups -OCH3 is 1. The highest BCUT2D eigenvalue weighted by molar-refractivity contribution is 6.06. The van der Waals surface area contributed by atoms with Crippen molar-refractivity contribution in [1.82, 2.24) is 4.90 Å². The largest absolute Gasteiger partial charge is 0.497 e. The number of para-hydroxylation sites is 1. The normalized spacial score (nSPS) is 14.8. The minimum Gasteiger partial charge on any atom is -0.497 e. The second-order valence-electron chi connectivity index (χ2n) is 8.51. The third kappa shape index (κ3) is 5.77. The van der Waals surface area contributed by atoms with Crippen molar-refractivity contribution in [2.75, 3.05) is 31.6 Å². The van der Waals surface area contributed by atoms with Crippen LogP contribution < -0.4 is 9.64 Å². The minimum absolute atomic E-state index is 0.0420. The van der Waals surface area contributed by atoms with Crippen molar-refractivity contribution in [3.63, 3.8) is 0 Å². The lowest BCUT2D eigenvalue weighted by Gasteiger charge is -2.33. The fourth-order valence-corrected chi connectivity index (χ4v) is 4.43. The SMILES string of the molecule is COc1ccc(C(=O)N(CCC2CCN(Cc3ccccc3)CC2)c2ccccc2)cc1. The number of ether oxygens (including phenoxy) is 1. The van der Waals surface area contributed by atoms with Crippen LogP contribution in [-0.4, -0.2) is 37.6 Å². The van der Waals surface area contributed by atoms with Crippen LogP contribution in [0.3, 0.4) is 0 Å². The van der Waals surface area contributed by atoms with E-state index in [1.807, 2.05) is 59.5 Å². The molecule has 0 radical (unpaired) electrons. The Bertz CT molecular complexity index is 965.